The second kappa shape index (κ2) is 5.51. The zero-order valence-electron chi connectivity index (χ0n) is 10.00. The fraction of sp³-hybridized carbons (Fsp3) is 0.667. The molecule has 5 nitrogen and oxygen atoms in total. The number of aromatic nitrogens is 2. The molecule has 0 spiro atoms. The minimum atomic E-state index is -4.51. The molecule has 1 rings (SSSR count). The summed E-state index contributed by atoms with van der Waals surface area (Å²) in [6.07, 6.45) is -4.51. The van der Waals surface area contributed by atoms with Gasteiger partial charge in [0.1, 0.15) is 6.04 Å². The topological polar surface area (TPSA) is 66.9 Å². The van der Waals surface area contributed by atoms with E-state index in [0.717, 1.165) is 0 Å². The summed E-state index contributed by atoms with van der Waals surface area (Å²) >= 11 is 0.366. The van der Waals surface area contributed by atoms with Crippen LogP contribution in [0.25, 0.3) is 0 Å². The zero-order chi connectivity index (χ0) is 13.9. The summed E-state index contributed by atoms with van der Waals surface area (Å²) in [5.74, 6) is -0.311. The number of anilines is 1. The van der Waals surface area contributed by atoms with E-state index in [1.807, 2.05) is 0 Å². The lowest BCUT2D eigenvalue weighted by atomic mass is 10.3. The molecule has 9 heteroatoms. The smallest absolute Gasteiger partial charge is 0.352 e. The standard InChI is InChI=1S/C9H13F3N4OS/c1-4(2)13-6(17)5(3)14-8-16-15-7(18-8)9(10,11)12/h4-5H,1-3H3,(H,13,17)(H,14,16). The number of carbonyl (C=O) groups is 1. The molecule has 18 heavy (non-hydrogen) atoms. The molecule has 0 aliphatic heterocycles. The minimum absolute atomic E-state index is 0.0336. The maximum atomic E-state index is 12.3. The van der Waals surface area contributed by atoms with Crippen molar-refractivity contribution in [2.45, 2.75) is 39.0 Å². The van der Waals surface area contributed by atoms with Gasteiger partial charge in [-0.25, -0.2) is 0 Å². The lowest BCUT2D eigenvalue weighted by molar-refractivity contribution is -0.138. The Kier molecular flexibility index (Phi) is 4.49. The number of halogens is 3. The Bertz CT molecular complexity index is 418. The molecule has 1 aromatic rings. The van der Waals surface area contributed by atoms with Crippen LogP contribution in [-0.2, 0) is 11.0 Å². The molecule has 1 heterocycles. The van der Waals surface area contributed by atoms with Crippen molar-refractivity contribution >= 4 is 22.4 Å². The predicted octanol–water partition coefficient (Wildman–Crippen LogP) is 1.88. The van der Waals surface area contributed by atoms with Crippen LogP contribution in [0, 0.1) is 0 Å². The molecule has 1 aromatic heterocycles. The lowest BCUT2D eigenvalue weighted by Crippen LogP contribution is -2.40. The summed E-state index contributed by atoms with van der Waals surface area (Å²) in [6.45, 7) is 5.11. The molecular formula is C9H13F3N4OS. The van der Waals surface area contributed by atoms with Crippen molar-refractivity contribution in [3.05, 3.63) is 5.01 Å². The number of nitrogens with zero attached hydrogens (tertiary/aromatic N) is 2. The Balaban J connectivity index is 2.62. The molecule has 1 amide bonds. The number of nitrogens with one attached hydrogen (secondary N) is 2. The molecule has 0 radical (unpaired) electrons. The van der Waals surface area contributed by atoms with E-state index in [-0.39, 0.29) is 17.1 Å². The number of rotatable bonds is 4. The largest absolute Gasteiger partial charge is 0.445 e. The van der Waals surface area contributed by atoms with E-state index in [4.69, 9.17) is 0 Å². The molecular weight excluding hydrogens is 269 g/mol. The van der Waals surface area contributed by atoms with Crippen LogP contribution in [0.4, 0.5) is 18.3 Å². The van der Waals surface area contributed by atoms with Crippen molar-refractivity contribution in [1.29, 1.82) is 0 Å². The van der Waals surface area contributed by atoms with Crippen LogP contribution in [0.5, 0.6) is 0 Å². The van der Waals surface area contributed by atoms with Crippen molar-refractivity contribution in [3.63, 3.8) is 0 Å². The molecule has 0 aliphatic carbocycles. The first-order valence-electron chi connectivity index (χ1n) is 5.17. The highest BCUT2D eigenvalue weighted by Crippen LogP contribution is 2.33. The van der Waals surface area contributed by atoms with Gasteiger partial charge in [0.05, 0.1) is 0 Å². The van der Waals surface area contributed by atoms with Gasteiger partial charge in [0.25, 0.3) is 0 Å². The van der Waals surface area contributed by atoms with Gasteiger partial charge in [0, 0.05) is 6.04 Å². The van der Waals surface area contributed by atoms with Crippen LogP contribution in [-0.4, -0.2) is 28.2 Å². The minimum Gasteiger partial charge on any atom is -0.352 e. The van der Waals surface area contributed by atoms with Crippen LogP contribution in [0.1, 0.15) is 25.8 Å². The monoisotopic (exact) mass is 282 g/mol. The summed E-state index contributed by atoms with van der Waals surface area (Å²) in [4.78, 5) is 11.5. The average molecular weight is 282 g/mol. The third-order valence-corrected chi connectivity index (χ3v) is 2.73. The first kappa shape index (κ1) is 14.7. The summed E-state index contributed by atoms with van der Waals surface area (Å²) in [6, 6.07) is -0.719. The van der Waals surface area contributed by atoms with E-state index in [9.17, 15) is 18.0 Å². The first-order chi connectivity index (χ1) is 8.20. The van der Waals surface area contributed by atoms with Crippen LogP contribution in [0.2, 0.25) is 0 Å². The van der Waals surface area contributed by atoms with Gasteiger partial charge >= 0.3 is 6.18 Å². The van der Waals surface area contributed by atoms with E-state index >= 15 is 0 Å². The van der Waals surface area contributed by atoms with Gasteiger partial charge < -0.3 is 10.6 Å². The molecule has 0 aromatic carbocycles. The third kappa shape index (κ3) is 4.13. The van der Waals surface area contributed by atoms with E-state index in [1.165, 1.54) is 6.92 Å². The molecule has 0 saturated carbocycles. The number of hydrogen-bond donors (Lipinski definition) is 2. The fourth-order valence-corrected chi connectivity index (χ4v) is 1.75. The van der Waals surface area contributed by atoms with Gasteiger partial charge in [-0.05, 0) is 20.8 Å². The SMILES string of the molecule is CC(C)NC(=O)C(C)Nc1nnc(C(F)(F)F)s1. The third-order valence-electron chi connectivity index (χ3n) is 1.83. The Labute approximate surface area is 106 Å². The van der Waals surface area contributed by atoms with Crippen molar-refractivity contribution in [3.8, 4) is 0 Å². The summed E-state index contributed by atoms with van der Waals surface area (Å²) in [5.41, 5.74) is 0. The van der Waals surface area contributed by atoms with Gasteiger partial charge in [-0.1, -0.05) is 11.3 Å². The highest BCUT2D eigenvalue weighted by Gasteiger charge is 2.35. The number of hydrogen-bond acceptors (Lipinski definition) is 5. The molecule has 0 aliphatic rings. The van der Waals surface area contributed by atoms with Crippen LogP contribution >= 0.6 is 11.3 Å². The second-order valence-corrected chi connectivity index (χ2v) is 4.92. The number of alkyl halides is 3. The predicted molar refractivity (Wildman–Crippen MR) is 61.3 cm³/mol. The average Bonchev–Trinajstić information content (AvgIpc) is 2.64. The maximum Gasteiger partial charge on any atom is 0.445 e. The quantitative estimate of drug-likeness (QED) is 0.885. The van der Waals surface area contributed by atoms with Crippen molar-refractivity contribution < 1.29 is 18.0 Å². The van der Waals surface area contributed by atoms with E-state index in [2.05, 4.69) is 20.8 Å². The molecule has 0 bridgehead atoms. The van der Waals surface area contributed by atoms with Gasteiger partial charge in [-0.2, -0.15) is 13.2 Å². The molecule has 0 fully saturated rings. The van der Waals surface area contributed by atoms with Gasteiger partial charge in [-0.15, -0.1) is 10.2 Å². The molecule has 1 atom stereocenters. The van der Waals surface area contributed by atoms with Gasteiger partial charge in [-0.3, -0.25) is 4.79 Å². The van der Waals surface area contributed by atoms with Gasteiger partial charge in [0.2, 0.25) is 16.0 Å². The Morgan fingerprint density at radius 3 is 2.33 bits per heavy atom. The lowest BCUT2D eigenvalue weighted by Gasteiger charge is -2.14. The van der Waals surface area contributed by atoms with Crippen LogP contribution < -0.4 is 10.6 Å². The fourth-order valence-electron chi connectivity index (χ4n) is 1.06. The summed E-state index contributed by atoms with van der Waals surface area (Å²) in [5, 5.41) is 10.5. The molecule has 2 N–H and O–H groups in total. The first-order valence-corrected chi connectivity index (χ1v) is 5.99. The number of amides is 1. The van der Waals surface area contributed by atoms with Gasteiger partial charge in [0.15, 0.2) is 0 Å². The van der Waals surface area contributed by atoms with Crippen molar-refractivity contribution in [2.24, 2.45) is 0 Å². The zero-order valence-corrected chi connectivity index (χ0v) is 10.8. The van der Waals surface area contributed by atoms with Crippen LogP contribution in [0.3, 0.4) is 0 Å². The highest BCUT2D eigenvalue weighted by atomic mass is 32.1. The summed E-state index contributed by atoms with van der Waals surface area (Å²) in [7, 11) is 0. The normalized spacial score (nSPS) is 13.5. The van der Waals surface area contributed by atoms with E-state index in [1.54, 1.807) is 13.8 Å². The highest BCUT2D eigenvalue weighted by molar-refractivity contribution is 7.15. The Morgan fingerprint density at radius 2 is 1.89 bits per heavy atom. The van der Waals surface area contributed by atoms with E-state index in [0.29, 0.717) is 11.3 Å². The Hall–Kier alpha value is -1.38. The molecule has 1 unspecified atom stereocenters. The van der Waals surface area contributed by atoms with Crippen molar-refractivity contribution in [2.75, 3.05) is 5.32 Å². The maximum absolute atomic E-state index is 12.3. The second-order valence-electron chi connectivity index (χ2n) is 3.94. The van der Waals surface area contributed by atoms with Crippen molar-refractivity contribution in [1.82, 2.24) is 15.5 Å². The molecule has 0 saturated heterocycles. The van der Waals surface area contributed by atoms with Crippen LogP contribution in [0.15, 0.2) is 0 Å². The molecule has 102 valence electrons. The summed E-state index contributed by atoms with van der Waals surface area (Å²) < 4.78 is 36.8. The van der Waals surface area contributed by atoms with E-state index < -0.39 is 17.2 Å². The Morgan fingerprint density at radius 1 is 1.28 bits per heavy atom. The number of carbonyl (C=O) groups excluding carboxylic acids is 1.